The SMILES string of the molecule is O=C(Cc1cccnc1)Nc1ccc(C(=O)NCC(=O)C2CCCCC2)cc1. The van der Waals surface area contributed by atoms with Gasteiger partial charge in [-0.2, -0.15) is 0 Å². The lowest BCUT2D eigenvalue weighted by atomic mass is 9.86. The van der Waals surface area contributed by atoms with Crippen LogP contribution in [0.1, 0.15) is 48.0 Å². The monoisotopic (exact) mass is 379 g/mol. The molecule has 28 heavy (non-hydrogen) atoms. The van der Waals surface area contributed by atoms with Crippen molar-refractivity contribution in [3.05, 3.63) is 59.9 Å². The molecule has 1 saturated carbocycles. The molecule has 0 aliphatic heterocycles. The number of ketones is 1. The highest BCUT2D eigenvalue weighted by molar-refractivity contribution is 5.98. The van der Waals surface area contributed by atoms with Gasteiger partial charge in [0.15, 0.2) is 5.78 Å². The van der Waals surface area contributed by atoms with Crippen LogP contribution in [-0.2, 0) is 16.0 Å². The van der Waals surface area contributed by atoms with Crippen molar-refractivity contribution in [2.75, 3.05) is 11.9 Å². The standard InChI is InChI=1S/C22H25N3O3/c26-20(17-6-2-1-3-7-17)15-24-22(28)18-8-10-19(11-9-18)25-21(27)13-16-5-4-12-23-14-16/h4-5,8-12,14,17H,1-3,6-7,13,15H2,(H,24,28)(H,25,27). The van der Waals surface area contributed by atoms with Gasteiger partial charge >= 0.3 is 0 Å². The summed E-state index contributed by atoms with van der Waals surface area (Å²) in [5.41, 5.74) is 1.91. The summed E-state index contributed by atoms with van der Waals surface area (Å²) in [6.45, 7) is 0.0765. The predicted molar refractivity (Wildman–Crippen MR) is 107 cm³/mol. The van der Waals surface area contributed by atoms with Gasteiger partial charge in [0.25, 0.3) is 5.91 Å². The van der Waals surface area contributed by atoms with Crippen molar-refractivity contribution in [3.63, 3.8) is 0 Å². The number of nitrogens with one attached hydrogen (secondary N) is 2. The van der Waals surface area contributed by atoms with E-state index in [1.807, 2.05) is 6.07 Å². The average molecular weight is 379 g/mol. The Balaban J connectivity index is 1.47. The Morgan fingerprint density at radius 2 is 1.75 bits per heavy atom. The maximum Gasteiger partial charge on any atom is 0.251 e. The van der Waals surface area contributed by atoms with Crippen molar-refractivity contribution in [2.45, 2.75) is 38.5 Å². The summed E-state index contributed by atoms with van der Waals surface area (Å²) in [5, 5.41) is 5.50. The summed E-state index contributed by atoms with van der Waals surface area (Å²) < 4.78 is 0. The Morgan fingerprint density at radius 1 is 1.00 bits per heavy atom. The predicted octanol–water partition coefficient (Wildman–Crippen LogP) is 3.14. The third kappa shape index (κ3) is 5.74. The zero-order valence-electron chi connectivity index (χ0n) is 15.8. The largest absolute Gasteiger partial charge is 0.345 e. The van der Waals surface area contributed by atoms with Gasteiger partial charge in [0, 0.05) is 29.6 Å². The number of amides is 2. The van der Waals surface area contributed by atoms with Crippen molar-refractivity contribution in [2.24, 2.45) is 5.92 Å². The van der Waals surface area contributed by atoms with Crippen molar-refractivity contribution in [1.82, 2.24) is 10.3 Å². The molecule has 1 fully saturated rings. The molecule has 0 spiro atoms. The molecule has 146 valence electrons. The van der Waals surface area contributed by atoms with E-state index in [1.54, 1.807) is 42.7 Å². The zero-order valence-corrected chi connectivity index (χ0v) is 15.8. The maximum absolute atomic E-state index is 12.2. The van der Waals surface area contributed by atoms with E-state index in [2.05, 4.69) is 15.6 Å². The molecule has 1 aromatic heterocycles. The molecule has 0 unspecified atom stereocenters. The molecule has 1 aliphatic rings. The molecule has 1 aromatic carbocycles. The number of Topliss-reactive ketones (excluding diaryl/α,β-unsaturated/α-hetero) is 1. The number of pyridine rings is 1. The third-order valence-electron chi connectivity index (χ3n) is 5.00. The molecule has 3 rings (SSSR count). The zero-order chi connectivity index (χ0) is 19.8. The summed E-state index contributed by atoms with van der Waals surface area (Å²) in [6.07, 6.45) is 8.80. The van der Waals surface area contributed by atoms with Gasteiger partial charge in [0.05, 0.1) is 13.0 Å². The van der Waals surface area contributed by atoms with Gasteiger partial charge in [-0.1, -0.05) is 25.3 Å². The molecule has 0 saturated heterocycles. The van der Waals surface area contributed by atoms with Gasteiger partial charge in [0.1, 0.15) is 0 Å². The lowest BCUT2D eigenvalue weighted by Gasteiger charge is -2.20. The highest BCUT2D eigenvalue weighted by Gasteiger charge is 2.21. The van der Waals surface area contributed by atoms with Crippen molar-refractivity contribution < 1.29 is 14.4 Å². The van der Waals surface area contributed by atoms with E-state index in [4.69, 9.17) is 0 Å². The average Bonchev–Trinajstić information content (AvgIpc) is 2.73. The first-order chi connectivity index (χ1) is 13.6. The molecule has 6 nitrogen and oxygen atoms in total. The van der Waals surface area contributed by atoms with Gasteiger partial charge in [-0.25, -0.2) is 0 Å². The van der Waals surface area contributed by atoms with E-state index in [9.17, 15) is 14.4 Å². The quantitative estimate of drug-likeness (QED) is 0.774. The second-order valence-corrected chi connectivity index (χ2v) is 7.15. The fourth-order valence-corrected chi connectivity index (χ4v) is 3.44. The van der Waals surface area contributed by atoms with Crippen LogP contribution < -0.4 is 10.6 Å². The molecule has 1 aliphatic carbocycles. The van der Waals surface area contributed by atoms with Gasteiger partial charge in [-0.3, -0.25) is 19.4 Å². The summed E-state index contributed by atoms with van der Waals surface area (Å²) >= 11 is 0. The Morgan fingerprint density at radius 3 is 2.43 bits per heavy atom. The fraction of sp³-hybridized carbons (Fsp3) is 0.364. The number of hydrogen-bond donors (Lipinski definition) is 2. The molecular weight excluding hydrogens is 354 g/mol. The summed E-state index contributed by atoms with van der Waals surface area (Å²) in [7, 11) is 0. The van der Waals surface area contributed by atoms with E-state index in [-0.39, 0.29) is 36.5 Å². The minimum atomic E-state index is -0.280. The van der Waals surface area contributed by atoms with Crippen molar-refractivity contribution >= 4 is 23.3 Å². The van der Waals surface area contributed by atoms with Crippen LogP contribution in [0, 0.1) is 5.92 Å². The van der Waals surface area contributed by atoms with E-state index in [1.165, 1.54) is 6.42 Å². The lowest BCUT2D eigenvalue weighted by molar-refractivity contribution is -0.122. The number of carbonyl (C=O) groups excluding carboxylic acids is 3. The van der Waals surface area contributed by atoms with Gasteiger partial charge in [0.2, 0.25) is 5.91 Å². The molecule has 0 bridgehead atoms. The highest BCUT2D eigenvalue weighted by Crippen LogP contribution is 2.24. The van der Waals surface area contributed by atoms with Gasteiger partial charge < -0.3 is 10.6 Å². The summed E-state index contributed by atoms with van der Waals surface area (Å²) in [4.78, 5) is 40.5. The molecule has 2 aromatic rings. The third-order valence-corrected chi connectivity index (χ3v) is 5.00. The minimum Gasteiger partial charge on any atom is -0.345 e. The van der Waals surface area contributed by atoms with E-state index in [0.29, 0.717) is 11.3 Å². The highest BCUT2D eigenvalue weighted by atomic mass is 16.2. The Hall–Kier alpha value is -3.02. The Bertz CT molecular complexity index is 813. The number of anilines is 1. The van der Waals surface area contributed by atoms with Crippen LogP contribution in [0.3, 0.4) is 0 Å². The first-order valence-corrected chi connectivity index (χ1v) is 9.71. The minimum absolute atomic E-state index is 0.0765. The van der Waals surface area contributed by atoms with Crippen LogP contribution in [0.15, 0.2) is 48.8 Å². The molecule has 0 radical (unpaired) electrons. The van der Waals surface area contributed by atoms with Crippen LogP contribution in [0.2, 0.25) is 0 Å². The van der Waals surface area contributed by atoms with Crippen molar-refractivity contribution in [3.8, 4) is 0 Å². The van der Waals surface area contributed by atoms with Crippen molar-refractivity contribution in [1.29, 1.82) is 0 Å². The maximum atomic E-state index is 12.2. The topological polar surface area (TPSA) is 88.2 Å². The van der Waals surface area contributed by atoms with Crippen LogP contribution in [-0.4, -0.2) is 29.1 Å². The van der Waals surface area contributed by atoms with Crippen LogP contribution in [0.5, 0.6) is 0 Å². The van der Waals surface area contributed by atoms with Gasteiger partial charge in [-0.05, 0) is 48.7 Å². The summed E-state index contributed by atoms with van der Waals surface area (Å²) in [6, 6.07) is 10.3. The normalized spacial score (nSPS) is 14.3. The fourth-order valence-electron chi connectivity index (χ4n) is 3.44. The second kappa shape index (κ2) is 9.78. The number of aromatic nitrogens is 1. The lowest BCUT2D eigenvalue weighted by Crippen LogP contribution is -2.33. The van der Waals surface area contributed by atoms with Crippen LogP contribution in [0.4, 0.5) is 5.69 Å². The number of carbonyl (C=O) groups is 3. The molecule has 6 heteroatoms. The first-order valence-electron chi connectivity index (χ1n) is 9.71. The number of nitrogens with zero attached hydrogens (tertiary/aromatic N) is 1. The van der Waals surface area contributed by atoms with Crippen LogP contribution >= 0.6 is 0 Å². The summed E-state index contributed by atoms with van der Waals surface area (Å²) in [5.74, 6) is -0.223. The molecule has 2 N–H and O–H groups in total. The smallest absolute Gasteiger partial charge is 0.251 e. The van der Waals surface area contributed by atoms with Gasteiger partial charge in [-0.15, -0.1) is 0 Å². The molecular formula is C22H25N3O3. The number of rotatable bonds is 7. The molecule has 2 amide bonds. The first kappa shape index (κ1) is 19.7. The molecule has 0 atom stereocenters. The van der Waals surface area contributed by atoms with E-state index in [0.717, 1.165) is 31.2 Å². The van der Waals surface area contributed by atoms with E-state index < -0.39 is 0 Å². The van der Waals surface area contributed by atoms with Crippen LogP contribution in [0.25, 0.3) is 0 Å². The molecule has 1 heterocycles. The Labute approximate surface area is 164 Å². The number of hydrogen-bond acceptors (Lipinski definition) is 4. The Kier molecular flexibility index (Phi) is 6.89. The number of benzene rings is 1. The second-order valence-electron chi connectivity index (χ2n) is 7.15. The van der Waals surface area contributed by atoms with E-state index >= 15 is 0 Å².